The van der Waals surface area contributed by atoms with Crippen LogP contribution in [0.1, 0.15) is 30.6 Å². The molecule has 1 aromatic carbocycles. The predicted molar refractivity (Wildman–Crippen MR) is 59.9 cm³/mol. The minimum absolute atomic E-state index is 0.0402. The van der Waals surface area contributed by atoms with Gasteiger partial charge in [-0.15, -0.1) is 0 Å². The monoisotopic (exact) mass is 225 g/mol. The van der Waals surface area contributed by atoms with Crippen molar-refractivity contribution in [3.8, 4) is 5.75 Å². The van der Waals surface area contributed by atoms with E-state index < -0.39 is 11.7 Å². The molecule has 0 aliphatic heterocycles. The zero-order chi connectivity index (χ0) is 12.1. The van der Waals surface area contributed by atoms with Crippen molar-refractivity contribution < 1.29 is 14.3 Å². The van der Waals surface area contributed by atoms with E-state index in [1.54, 1.807) is 0 Å². The Bertz CT molecular complexity index is 377. The summed E-state index contributed by atoms with van der Waals surface area (Å²) in [7, 11) is 0. The van der Waals surface area contributed by atoms with E-state index in [9.17, 15) is 9.18 Å². The molecule has 88 valence electrons. The number of nitrogens with one attached hydrogen (secondary N) is 1. The molecule has 1 aromatic rings. The van der Waals surface area contributed by atoms with Gasteiger partial charge in [-0.3, -0.25) is 4.79 Å². The number of carbonyl (C=O) groups is 1. The van der Waals surface area contributed by atoms with Crippen molar-refractivity contribution in [3.05, 3.63) is 29.6 Å². The van der Waals surface area contributed by atoms with E-state index in [1.807, 2.05) is 13.8 Å². The van der Waals surface area contributed by atoms with Crippen LogP contribution in [0.5, 0.6) is 5.75 Å². The molecule has 1 amide bonds. The maximum Gasteiger partial charge on any atom is 0.254 e. The smallest absolute Gasteiger partial charge is 0.254 e. The molecule has 0 radical (unpaired) electrons. The molecule has 0 bridgehead atoms. The first kappa shape index (κ1) is 12.5. The number of halogens is 1. The van der Waals surface area contributed by atoms with Gasteiger partial charge < -0.3 is 10.4 Å². The Labute approximate surface area is 94.3 Å². The molecule has 3 nitrogen and oxygen atoms in total. The van der Waals surface area contributed by atoms with E-state index in [1.165, 1.54) is 12.1 Å². The van der Waals surface area contributed by atoms with Crippen LogP contribution in [-0.2, 0) is 0 Å². The number of phenols is 1. The summed E-state index contributed by atoms with van der Waals surface area (Å²) < 4.78 is 13.3. The summed E-state index contributed by atoms with van der Waals surface area (Å²) in [4.78, 5) is 11.5. The average Bonchev–Trinajstić information content (AvgIpc) is 2.16. The molecular formula is C12H16FNO2. The van der Waals surface area contributed by atoms with E-state index in [2.05, 4.69) is 5.32 Å². The van der Waals surface area contributed by atoms with Crippen molar-refractivity contribution >= 4 is 5.91 Å². The van der Waals surface area contributed by atoms with Gasteiger partial charge in [0.25, 0.3) is 5.91 Å². The van der Waals surface area contributed by atoms with E-state index >= 15 is 0 Å². The molecule has 0 unspecified atom stereocenters. The molecule has 0 atom stereocenters. The zero-order valence-corrected chi connectivity index (χ0v) is 9.46. The van der Waals surface area contributed by atoms with Crippen LogP contribution in [-0.4, -0.2) is 17.6 Å². The summed E-state index contributed by atoms with van der Waals surface area (Å²) in [6.45, 7) is 4.62. The number of amides is 1. The maximum atomic E-state index is 13.3. The molecule has 2 N–H and O–H groups in total. The van der Waals surface area contributed by atoms with Gasteiger partial charge in [0.2, 0.25) is 0 Å². The maximum absolute atomic E-state index is 13.3. The fourth-order valence-electron chi connectivity index (χ4n) is 1.26. The molecular weight excluding hydrogens is 209 g/mol. The molecule has 4 heteroatoms. The summed E-state index contributed by atoms with van der Waals surface area (Å²) in [5, 5.41) is 11.6. The van der Waals surface area contributed by atoms with Gasteiger partial charge in [-0.25, -0.2) is 4.39 Å². The highest BCUT2D eigenvalue weighted by Crippen LogP contribution is 2.14. The molecule has 0 heterocycles. The molecule has 16 heavy (non-hydrogen) atoms. The van der Waals surface area contributed by atoms with Crippen LogP contribution in [0.25, 0.3) is 0 Å². The second-order valence-electron chi connectivity index (χ2n) is 4.10. The first-order valence-electron chi connectivity index (χ1n) is 5.27. The Morgan fingerprint density at radius 3 is 2.75 bits per heavy atom. The highest BCUT2D eigenvalue weighted by Gasteiger charge is 2.11. The third-order valence-corrected chi connectivity index (χ3v) is 2.20. The molecule has 0 spiro atoms. The number of aromatic hydroxyl groups is 1. The van der Waals surface area contributed by atoms with Gasteiger partial charge in [0.15, 0.2) is 0 Å². The quantitative estimate of drug-likeness (QED) is 0.826. The van der Waals surface area contributed by atoms with Crippen molar-refractivity contribution in [2.24, 2.45) is 5.92 Å². The largest absolute Gasteiger partial charge is 0.508 e. The molecule has 0 fully saturated rings. The molecule has 0 aliphatic rings. The number of carbonyl (C=O) groups excluding carboxylic acids is 1. The lowest BCUT2D eigenvalue weighted by atomic mass is 10.1. The third kappa shape index (κ3) is 3.53. The fourth-order valence-corrected chi connectivity index (χ4v) is 1.26. The van der Waals surface area contributed by atoms with Crippen molar-refractivity contribution in [1.82, 2.24) is 5.32 Å². The molecule has 1 rings (SSSR count). The fraction of sp³-hybridized carbons (Fsp3) is 0.417. The minimum Gasteiger partial charge on any atom is -0.508 e. The van der Waals surface area contributed by atoms with E-state index in [0.717, 1.165) is 12.5 Å². The third-order valence-electron chi connectivity index (χ3n) is 2.20. The summed E-state index contributed by atoms with van der Waals surface area (Å²) in [6.07, 6.45) is 0.853. The van der Waals surface area contributed by atoms with Gasteiger partial charge in [-0.2, -0.15) is 0 Å². The normalized spacial score (nSPS) is 10.5. The molecule has 0 saturated carbocycles. The van der Waals surface area contributed by atoms with Gasteiger partial charge in [0, 0.05) is 12.6 Å². The minimum atomic E-state index is -0.706. The van der Waals surface area contributed by atoms with Crippen molar-refractivity contribution in [2.75, 3.05) is 6.54 Å². The van der Waals surface area contributed by atoms with Crippen LogP contribution < -0.4 is 5.32 Å². The van der Waals surface area contributed by atoms with E-state index in [0.29, 0.717) is 12.5 Å². The summed E-state index contributed by atoms with van der Waals surface area (Å²) >= 11 is 0. The van der Waals surface area contributed by atoms with Crippen LogP contribution in [0, 0.1) is 11.7 Å². The molecule has 0 aliphatic carbocycles. The Morgan fingerprint density at radius 1 is 1.50 bits per heavy atom. The van der Waals surface area contributed by atoms with Gasteiger partial charge in [0.1, 0.15) is 11.6 Å². The van der Waals surface area contributed by atoms with E-state index in [4.69, 9.17) is 5.11 Å². The molecule has 0 aromatic heterocycles. The summed E-state index contributed by atoms with van der Waals surface area (Å²) in [5.41, 5.74) is -0.0402. The Kier molecular flexibility index (Phi) is 4.28. The predicted octanol–water partition coefficient (Wildman–Crippen LogP) is 2.31. The number of benzene rings is 1. The van der Waals surface area contributed by atoms with Crippen molar-refractivity contribution in [3.63, 3.8) is 0 Å². The lowest BCUT2D eigenvalue weighted by molar-refractivity contribution is 0.0948. The number of hydrogen-bond donors (Lipinski definition) is 2. The lowest BCUT2D eigenvalue weighted by Crippen LogP contribution is -2.26. The van der Waals surface area contributed by atoms with Gasteiger partial charge in [-0.05, 0) is 24.5 Å². The van der Waals surface area contributed by atoms with Crippen LogP contribution in [0.4, 0.5) is 4.39 Å². The van der Waals surface area contributed by atoms with Crippen LogP contribution in [0.15, 0.2) is 18.2 Å². The topological polar surface area (TPSA) is 49.3 Å². The van der Waals surface area contributed by atoms with Crippen LogP contribution in [0.3, 0.4) is 0 Å². The van der Waals surface area contributed by atoms with Crippen LogP contribution in [0.2, 0.25) is 0 Å². The highest BCUT2D eigenvalue weighted by molar-refractivity contribution is 5.94. The van der Waals surface area contributed by atoms with E-state index in [-0.39, 0.29) is 11.3 Å². The van der Waals surface area contributed by atoms with Crippen molar-refractivity contribution in [2.45, 2.75) is 20.3 Å². The second-order valence-corrected chi connectivity index (χ2v) is 4.10. The Balaban J connectivity index is 2.59. The van der Waals surface area contributed by atoms with Crippen LogP contribution >= 0.6 is 0 Å². The number of hydrogen-bond acceptors (Lipinski definition) is 2. The number of phenolic OH excluding ortho intramolecular Hbond substituents is 1. The standard InChI is InChI=1S/C12H16FNO2/c1-8(2)5-6-14-12(16)10-4-3-9(15)7-11(10)13/h3-4,7-8,15H,5-6H2,1-2H3,(H,14,16). The average molecular weight is 225 g/mol. The first-order valence-corrected chi connectivity index (χ1v) is 5.27. The number of rotatable bonds is 4. The zero-order valence-electron chi connectivity index (χ0n) is 9.46. The second kappa shape index (κ2) is 5.49. The Morgan fingerprint density at radius 2 is 2.19 bits per heavy atom. The van der Waals surface area contributed by atoms with Gasteiger partial charge in [0.05, 0.1) is 5.56 Å². The Hall–Kier alpha value is -1.58. The lowest BCUT2D eigenvalue weighted by Gasteiger charge is -2.07. The highest BCUT2D eigenvalue weighted by atomic mass is 19.1. The van der Waals surface area contributed by atoms with Gasteiger partial charge in [-0.1, -0.05) is 13.8 Å². The first-order chi connectivity index (χ1) is 7.50. The summed E-state index contributed by atoms with van der Waals surface area (Å²) in [6, 6.07) is 3.49. The summed E-state index contributed by atoms with van der Waals surface area (Å²) in [5.74, 6) is -0.846. The molecule has 0 saturated heterocycles. The van der Waals surface area contributed by atoms with Gasteiger partial charge >= 0.3 is 0 Å². The van der Waals surface area contributed by atoms with Crippen molar-refractivity contribution in [1.29, 1.82) is 0 Å². The SMILES string of the molecule is CC(C)CCNC(=O)c1ccc(O)cc1F.